The summed E-state index contributed by atoms with van der Waals surface area (Å²) in [5.41, 5.74) is 2.23. The minimum Gasteiger partial charge on any atom is -0.497 e. The van der Waals surface area contributed by atoms with Gasteiger partial charge in [-0.25, -0.2) is 4.98 Å². The number of rotatable bonds is 9. The number of carbonyl (C=O) groups is 1. The second-order valence-electron chi connectivity index (χ2n) is 8.55. The van der Waals surface area contributed by atoms with Crippen LogP contribution >= 0.6 is 0 Å². The van der Waals surface area contributed by atoms with Crippen molar-refractivity contribution in [3.8, 4) is 22.6 Å². The predicted octanol–water partition coefficient (Wildman–Crippen LogP) is 3.07. The van der Waals surface area contributed by atoms with E-state index in [-0.39, 0.29) is 11.3 Å². The molecule has 1 fully saturated rings. The number of aromatic nitrogens is 2. The number of hydrogen-bond donors (Lipinski definition) is 1. The van der Waals surface area contributed by atoms with Gasteiger partial charge < -0.3 is 19.5 Å². The highest BCUT2D eigenvalue weighted by Gasteiger charge is 2.25. The Labute approximate surface area is 210 Å². The molecule has 0 atom stereocenters. The molecule has 0 saturated carbocycles. The Hall–Kier alpha value is -3.69. The van der Waals surface area contributed by atoms with E-state index in [0.29, 0.717) is 49.5 Å². The lowest BCUT2D eigenvalue weighted by atomic mass is 10.0. The first-order valence-electron chi connectivity index (χ1n) is 12.0. The highest BCUT2D eigenvalue weighted by Crippen LogP contribution is 2.31. The van der Waals surface area contributed by atoms with Gasteiger partial charge in [-0.05, 0) is 30.2 Å². The number of ether oxygens (including phenoxy) is 3. The molecule has 3 aromatic rings. The Morgan fingerprint density at radius 2 is 1.83 bits per heavy atom. The molecule has 190 valence electrons. The first-order valence-corrected chi connectivity index (χ1v) is 12.0. The van der Waals surface area contributed by atoms with Crippen molar-refractivity contribution < 1.29 is 19.0 Å². The molecule has 1 N–H and O–H groups in total. The molecule has 0 bridgehead atoms. The molecule has 1 amide bonds. The lowest BCUT2D eigenvalue weighted by Crippen LogP contribution is -2.40. The number of nitrogens with one attached hydrogen (secondary N) is 1. The van der Waals surface area contributed by atoms with Crippen LogP contribution < -0.4 is 20.3 Å². The maximum absolute atomic E-state index is 13.7. The Morgan fingerprint density at radius 3 is 2.47 bits per heavy atom. The molecule has 4 rings (SSSR count). The Bertz CT molecular complexity index is 1310. The van der Waals surface area contributed by atoms with E-state index in [1.165, 1.54) is 7.11 Å². The van der Waals surface area contributed by atoms with Crippen LogP contribution in [0.1, 0.15) is 23.7 Å². The van der Waals surface area contributed by atoms with Gasteiger partial charge in [0.2, 0.25) is 0 Å². The lowest BCUT2D eigenvalue weighted by Gasteiger charge is -2.27. The molecule has 9 nitrogen and oxygen atoms in total. The van der Waals surface area contributed by atoms with Gasteiger partial charge in [0.15, 0.2) is 0 Å². The number of methoxy groups -OCH3 is 2. The van der Waals surface area contributed by atoms with E-state index >= 15 is 0 Å². The Morgan fingerprint density at radius 1 is 1.11 bits per heavy atom. The lowest BCUT2D eigenvalue weighted by molar-refractivity contribution is 0.0364. The first-order chi connectivity index (χ1) is 17.5. The van der Waals surface area contributed by atoms with Crippen LogP contribution in [0.4, 0.5) is 0 Å². The molecule has 9 heteroatoms. The van der Waals surface area contributed by atoms with Gasteiger partial charge in [-0.3, -0.25) is 19.1 Å². The fourth-order valence-corrected chi connectivity index (χ4v) is 4.24. The minimum absolute atomic E-state index is 0.0599. The van der Waals surface area contributed by atoms with E-state index in [1.54, 1.807) is 17.9 Å². The second kappa shape index (κ2) is 11.4. The summed E-state index contributed by atoms with van der Waals surface area (Å²) in [5, 5.41) is 3.31. The molecule has 36 heavy (non-hydrogen) atoms. The van der Waals surface area contributed by atoms with E-state index in [0.717, 1.165) is 30.0 Å². The summed E-state index contributed by atoms with van der Waals surface area (Å²) in [5.74, 6) is 0.402. The topological polar surface area (TPSA) is 94.9 Å². The van der Waals surface area contributed by atoms with E-state index in [2.05, 4.69) is 21.8 Å². The molecule has 0 aliphatic carbocycles. The van der Waals surface area contributed by atoms with Gasteiger partial charge in [0, 0.05) is 43.6 Å². The largest absolute Gasteiger partial charge is 0.497 e. The Kier molecular flexibility index (Phi) is 8.02. The number of hydrogen-bond acceptors (Lipinski definition) is 7. The van der Waals surface area contributed by atoms with Crippen LogP contribution in [0.3, 0.4) is 0 Å². The summed E-state index contributed by atoms with van der Waals surface area (Å²) < 4.78 is 17.9. The van der Waals surface area contributed by atoms with Gasteiger partial charge in [0.25, 0.3) is 11.5 Å². The number of pyridine rings is 2. The molecule has 0 spiro atoms. The summed E-state index contributed by atoms with van der Waals surface area (Å²) >= 11 is 0. The first kappa shape index (κ1) is 25.4. The van der Waals surface area contributed by atoms with Crippen molar-refractivity contribution in [1.29, 1.82) is 0 Å². The van der Waals surface area contributed by atoms with Crippen molar-refractivity contribution in [2.24, 2.45) is 0 Å². The summed E-state index contributed by atoms with van der Waals surface area (Å²) in [6.45, 7) is 9.65. The maximum atomic E-state index is 13.7. The Balaban J connectivity index is 1.85. The molecule has 3 heterocycles. The number of amides is 1. The zero-order valence-electron chi connectivity index (χ0n) is 21.0. The van der Waals surface area contributed by atoms with Gasteiger partial charge in [-0.1, -0.05) is 25.6 Å². The SMILES string of the molecule is C=C(CC)NC(=O)c1c(OC)c2cc(-c3ccc(OC)cc3)cnc2n(CCN2CCOCC2)c1=O. The van der Waals surface area contributed by atoms with E-state index in [1.807, 2.05) is 37.3 Å². The summed E-state index contributed by atoms with van der Waals surface area (Å²) in [6, 6.07) is 9.51. The third-order valence-corrected chi connectivity index (χ3v) is 6.37. The third-order valence-electron chi connectivity index (χ3n) is 6.37. The molecule has 0 unspecified atom stereocenters. The molecule has 0 radical (unpaired) electrons. The second-order valence-corrected chi connectivity index (χ2v) is 8.55. The predicted molar refractivity (Wildman–Crippen MR) is 139 cm³/mol. The van der Waals surface area contributed by atoms with Gasteiger partial charge in [0.1, 0.15) is 22.7 Å². The molecule has 1 aliphatic heterocycles. The van der Waals surface area contributed by atoms with Crippen molar-refractivity contribution in [3.63, 3.8) is 0 Å². The molecular weight excluding hydrogens is 460 g/mol. The standard InChI is InChI=1S/C27H32N4O5/c1-5-18(2)29-26(32)23-24(35-4)22-16-20(19-6-8-21(34-3)9-7-19)17-28-25(22)31(27(23)33)11-10-30-12-14-36-15-13-30/h6-9,16-17H,2,5,10-15H2,1,3-4H3,(H,29,32). The zero-order valence-corrected chi connectivity index (χ0v) is 21.0. The monoisotopic (exact) mass is 492 g/mol. The van der Waals surface area contributed by atoms with Crippen LogP contribution in [0.2, 0.25) is 0 Å². The van der Waals surface area contributed by atoms with Crippen molar-refractivity contribution in [2.45, 2.75) is 19.9 Å². The van der Waals surface area contributed by atoms with Crippen molar-refractivity contribution in [2.75, 3.05) is 47.1 Å². The van der Waals surface area contributed by atoms with Crippen LogP contribution in [0.15, 0.2) is 53.6 Å². The van der Waals surface area contributed by atoms with Gasteiger partial charge >= 0.3 is 0 Å². The summed E-state index contributed by atoms with van der Waals surface area (Å²) in [4.78, 5) is 33.8. The van der Waals surface area contributed by atoms with Gasteiger partial charge in [0.05, 0.1) is 32.8 Å². The number of allylic oxidation sites excluding steroid dienone is 1. The third kappa shape index (κ3) is 5.27. The van der Waals surface area contributed by atoms with Crippen molar-refractivity contribution in [1.82, 2.24) is 19.8 Å². The fourth-order valence-electron chi connectivity index (χ4n) is 4.24. The van der Waals surface area contributed by atoms with Crippen molar-refractivity contribution >= 4 is 16.9 Å². The molecule has 1 saturated heterocycles. The van der Waals surface area contributed by atoms with E-state index < -0.39 is 11.5 Å². The zero-order chi connectivity index (χ0) is 25.7. The van der Waals surface area contributed by atoms with Crippen LogP contribution in [0.5, 0.6) is 11.5 Å². The van der Waals surface area contributed by atoms with E-state index in [9.17, 15) is 9.59 Å². The fraction of sp³-hybridized carbons (Fsp3) is 0.370. The van der Waals surface area contributed by atoms with Gasteiger partial charge in [-0.15, -0.1) is 0 Å². The molecular formula is C27H32N4O5. The quantitative estimate of drug-likeness (QED) is 0.491. The smallest absolute Gasteiger partial charge is 0.268 e. The number of benzene rings is 1. The number of carbonyl (C=O) groups excluding carboxylic acids is 1. The molecule has 1 aliphatic rings. The average molecular weight is 493 g/mol. The molecule has 2 aromatic heterocycles. The maximum Gasteiger partial charge on any atom is 0.268 e. The summed E-state index contributed by atoms with van der Waals surface area (Å²) in [6.07, 6.45) is 2.28. The highest BCUT2D eigenvalue weighted by atomic mass is 16.5. The van der Waals surface area contributed by atoms with E-state index in [4.69, 9.17) is 14.2 Å². The normalized spacial score (nSPS) is 14.0. The average Bonchev–Trinajstić information content (AvgIpc) is 2.92. The van der Waals surface area contributed by atoms with Crippen LogP contribution in [0, 0.1) is 0 Å². The van der Waals surface area contributed by atoms with Crippen LogP contribution in [0.25, 0.3) is 22.2 Å². The summed E-state index contributed by atoms with van der Waals surface area (Å²) in [7, 11) is 3.07. The van der Waals surface area contributed by atoms with Crippen molar-refractivity contribution in [3.05, 3.63) is 64.7 Å². The van der Waals surface area contributed by atoms with Gasteiger partial charge in [-0.2, -0.15) is 0 Å². The number of fused-ring (bicyclic) bond motifs is 1. The minimum atomic E-state index is -0.541. The highest BCUT2D eigenvalue weighted by molar-refractivity contribution is 6.03. The number of nitrogens with zero attached hydrogens (tertiary/aromatic N) is 3. The molecule has 1 aromatic carbocycles. The number of morpholine rings is 1. The van der Waals surface area contributed by atoms with Crippen LogP contribution in [-0.4, -0.2) is 67.4 Å². The van der Waals surface area contributed by atoms with Crippen LogP contribution in [-0.2, 0) is 11.3 Å².